The molecule has 0 aromatic heterocycles. The molecule has 0 radical (unpaired) electrons. The first-order chi connectivity index (χ1) is 11.1. The van der Waals surface area contributed by atoms with Crippen LogP contribution in [0, 0.1) is 5.92 Å². The number of hydrogen-bond acceptors (Lipinski definition) is 2. The molecule has 0 saturated heterocycles. The topological polar surface area (TPSA) is 38.3 Å². The number of carbonyl (C=O) groups excluding carboxylic acids is 1. The van der Waals surface area contributed by atoms with Crippen molar-refractivity contribution in [2.24, 2.45) is 5.92 Å². The monoisotopic (exact) mass is 329 g/mol. The minimum absolute atomic E-state index is 0.0402. The molecule has 0 unspecified atom stereocenters. The molecule has 120 valence electrons. The molecule has 3 nitrogen and oxygen atoms in total. The van der Waals surface area contributed by atoms with Crippen molar-refractivity contribution in [3.05, 3.63) is 64.7 Å². The number of nitrogens with one attached hydrogen (secondary N) is 1. The third-order valence-corrected chi connectivity index (χ3v) is 4.49. The number of fused-ring (bicyclic) bond motifs is 1. The summed E-state index contributed by atoms with van der Waals surface area (Å²) in [5.74, 6) is 0.991. The smallest absolute Gasteiger partial charge is 0.226 e. The van der Waals surface area contributed by atoms with Crippen LogP contribution in [0.25, 0.3) is 0 Å². The summed E-state index contributed by atoms with van der Waals surface area (Å²) in [6.07, 6.45) is 0.668. The highest BCUT2D eigenvalue weighted by atomic mass is 35.5. The fraction of sp³-hybridized carbons (Fsp3) is 0.316. The van der Waals surface area contributed by atoms with Gasteiger partial charge in [-0.2, -0.15) is 0 Å². The molecule has 0 aliphatic carbocycles. The van der Waals surface area contributed by atoms with Crippen LogP contribution in [0.5, 0.6) is 5.75 Å². The minimum atomic E-state index is -0.163. The second-order valence-corrected chi connectivity index (χ2v) is 6.46. The Bertz CT molecular complexity index is 687. The fourth-order valence-corrected chi connectivity index (χ4v) is 3.02. The predicted octanol–water partition coefficient (Wildman–Crippen LogP) is 3.81. The summed E-state index contributed by atoms with van der Waals surface area (Å²) in [4.78, 5) is 12.4. The van der Waals surface area contributed by atoms with E-state index in [9.17, 15) is 4.79 Å². The Morgan fingerprint density at radius 1 is 1.30 bits per heavy atom. The Kier molecular flexibility index (Phi) is 4.87. The maximum Gasteiger partial charge on any atom is 0.226 e. The van der Waals surface area contributed by atoms with Crippen LogP contribution >= 0.6 is 11.6 Å². The first-order valence-electron chi connectivity index (χ1n) is 7.87. The Morgan fingerprint density at radius 2 is 2.09 bits per heavy atom. The highest BCUT2D eigenvalue weighted by Gasteiger charge is 2.26. The Morgan fingerprint density at radius 3 is 2.87 bits per heavy atom. The normalized spacial score (nSPS) is 17.7. The molecule has 23 heavy (non-hydrogen) atoms. The number of benzene rings is 2. The SMILES string of the molecule is C[C@H](CNC(=O)[C@H]1COc2ccc(Cl)cc2C1)c1ccccc1. The summed E-state index contributed by atoms with van der Waals surface area (Å²) in [7, 11) is 0. The summed E-state index contributed by atoms with van der Waals surface area (Å²) in [5, 5.41) is 3.72. The van der Waals surface area contributed by atoms with Crippen molar-refractivity contribution >= 4 is 17.5 Å². The maximum absolute atomic E-state index is 12.4. The lowest BCUT2D eigenvalue weighted by atomic mass is 9.95. The highest BCUT2D eigenvalue weighted by molar-refractivity contribution is 6.30. The van der Waals surface area contributed by atoms with Crippen molar-refractivity contribution in [2.75, 3.05) is 13.2 Å². The van der Waals surface area contributed by atoms with Crippen molar-refractivity contribution < 1.29 is 9.53 Å². The Hall–Kier alpha value is -2.00. The van der Waals surface area contributed by atoms with Crippen LogP contribution in [-0.4, -0.2) is 19.1 Å². The molecule has 2 atom stereocenters. The molecule has 0 saturated carbocycles. The second kappa shape index (κ2) is 7.05. The van der Waals surface area contributed by atoms with Crippen LogP contribution in [-0.2, 0) is 11.2 Å². The number of hydrogen-bond donors (Lipinski definition) is 1. The average molecular weight is 330 g/mol. The van der Waals surface area contributed by atoms with Crippen LogP contribution in [0.1, 0.15) is 24.0 Å². The van der Waals surface area contributed by atoms with Crippen LogP contribution in [0.3, 0.4) is 0 Å². The van der Waals surface area contributed by atoms with Gasteiger partial charge in [0.15, 0.2) is 0 Å². The zero-order chi connectivity index (χ0) is 16.2. The van der Waals surface area contributed by atoms with Crippen LogP contribution < -0.4 is 10.1 Å². The van der Waals surface area contributed by atoms with E-state index in [1.54, 1.807) is 0 Å². The van der Waals surface area contributed by atoms with Gasteiger partial charge in [0.2, 0.25) is 5.91 Å². The van der Waals surface area contributed by atoms with Crippen molar-refractivity contribution in [1.29, 1.82) is 0 Å². The summed E-state index contributed by atoms with van der Waals surface area (Å²) in [6.45, 7) is 3.16. The third kappa shape index (κ3) is 3.85. The molecular formula is C19H20ClNO2. The molecule has 1 aliphatic rings. The van der Waals surface area contributed by atoms with Gasteiger partial charge in [-0.05, 0) is 41.7 Å². The van der Waals surface area contributed by atoms with E-state index in [-0.39, 0.29) is 17.7 Å². The van der Waals surface area contributed by atoms with E-state index in [1.165, 1.54) is 5.56 Å². The van der Waals surface area contributed by atoms with Crippen LogP contribution in [0.4, 0.5) is 0 Å². The maximum atomic E-state index is 12.4. The molecule has 3 rings (SSSR count). The summed E-state index contributed by atoms with van der Waals surface area (Å²) in [5.41, 5.74) is 2.23. The van der Waals surface area contributed by atoms with Crippen LogP contribution in [0.2, 0.25) is 5.02 Å². The zero-order valence-electron chi connectivity index (χ0n) is 13.1. The van der Waals surface area contributed by atoms with Crippen molar-refractivity contribution in [3.63, 3.8) is 0 Å². The van der Waals surface area contributed by atoms with E-state index in [4.69, 9.17) is 16.3 Å². The van der Waals surface area contributed by atoms with E-state index in [0.717, 1.165) is 11.3 Å². The van der Waals surface area contributed by atoms with Gasteiger partial charge < -0.3 is 10.1 Å². The van der Waals surface area contributed by atoms with E-state index in [2.05, 4.69) is 24.4 Å². The second-order valence-electron chi connectivity index (χ2n) is 6.02. The molecular weight excluding hydrogens is 310 g/mol. The lowest BCUT2D eigenvalue weighted by molar-refractivity contribution is -0.126. The van der Waals surface area contributed by atoms with E-state index in [1.807, 2.05) is 36.4 Å². The van der Waals surface area contributed by atoms with Gasteiger partial charge in [0.25, 0.3) is 0 Å². The minimum Gasteiger partial charge on any atom is -0.492 e. The average Bonchev–Trinajstić information content (AvgIpc) is 2.59. The largest absolute Gasteiger partial charge is 0.492 e. The van der Waals surface area contributed by atoms with Gasteiger partial charge in [0.05, 0.1) is 5.92 Å². The molecule has 0 spiro atoms. The number of carbonyl (C=O) groups is 1. The van der Waals surface area contributed by atoms with Crippen molar-refractivity contribution in [2.45, 2.75) is 19.3 Å². The van der Waals surface area contributed by atoms with Gasteiger partial charge in [-0.15, -0.1) is 0 Å². The Balaban J connectivity index is 1.57. The molecule has 1 N–H and O–H groups in total. The first kappa shape index (κ1) is 15.9. The van der Waals surface area contributed by atoms with Gasteiger partial charge in [-0.25, -0.2) is 0 Å². The number of rotatable bonds is 4. The summed E-state index contributed by atoms with van der Waals surface area (Å²) in [6, 6.07) is 15.7. The molecule has 1 aliphatic heterocycles. The predicted molar refractivity (Wildman–Crippen MR) is 92.0 cm³/mol. The van der Waals surface area contributed by atoms with Crippen molar-refractivity contribution in [3.8, 4) is 5.75 Å². The van der Waals surface area contributed by atoms with Gasteiger partial charge >= 0.3 is 0 Å². The lowest BCUT2D eigenvalue weighted by Crippen LogP contribution is -2.38. The molecule has 2 aromatic carbocycles. The van der Waals surface area contributed by atoms with Gasteiger partial charge in [0, 0.05) is 11.6 Å². The van der Waals surface area contributed by atoms with Gasteiger partial charge in [-0.1, -0.05) is 48.9 Å². The van der Waals surface area contributed by atoms with Gasteiger partial charge in [-0.3, -0.25) is 4.79 Å². The highest BCUT2D eigenvalue weighted by Crippen LogP contribution is 2.29. The molecule has 1 amide bonds. The molecule has 1 heterocycles. The number of amides is 1. The quantitative estimate of drug-likeness (QED) is 0.926. The number of halogens is 1. The summed E-state index contributed by atoms with van der Waals surface area (Å²) < 4.78 is 5.68. The number of ether oxygens (including phenoxy) is 1. The molecule has 2 aromatic rings. The standard InChI is InChI=1S/C19H20ClNO2/c1-13(14-5-3-2-4-6-14)11-21-19(22)16-9-15-10-17(20)7-8-18(15)23-12-16/h2-8,10,13,16H,9,11-12H2,1H3,(H,21,22)/t13-,16-/m1/s1. The first-order valence-corrected chi connectivity index (χ1v) is 8.25. The molecule has 4 heteroatoms. The van der Waals surface area contributed by atoms with E-state index < -0.39 is 0 Å². The lowest BCUT2D eigenvalue weighted by Gasteiger charge is -2.25. The molecule has 0 fully saturated rings. The van der Waals surface area contributed by atoms with Crippen LogP contribution in [0.15, 0.2) is 48.5 Å². The Labute approximate surface area is 141 Å². The summed E-state index contributed by atoms with van der Waals surface area (Å²) >= 11 is 6.02. The van der Waals surface area contributed by atoms with Gasteiger partial charge in [0.1, 0.15) is 12.4 Å². The molecule has 0 bridgehead atoms. The van der Waals surface area contributed by atoms with E-state index >= 15 is 0 Å². The van der Waals surface area contributed by atoms with Crippen molar-refractivity contribution in [1.82, 2.24) is 5.32 Å². The zero-order valence-corrected chi connectivity index (χ0v) is 13.8. The fourth-order valence-electron chi connectivity index (χ4n) is 2.83. The van der Waals surface area contributed by atoms with E-state index in [0.29, 0.717) is 24.6 Å². The third-order valence-electron chi connectivity index (χ3n) is 4.25.